The summed E-state index contributed by atoms with van der Waals surface area (Å²) in [5, 5.41) is 8.94. The number of ether oxygens (including phenoxy) is 2. The van der Waals surface area contributed by atoms with Gasteiger partial charge in [-0.25, -0.2) is 0 Å². The Kier molecular flexibility index (Phi) is 4.77. The number of hydrogen-bond donors (Lipinski definition) is 1. The average Bonchev–Trinajstić information content (AvgIpc) is 2.75. The van der Waals surface area contributed by atoms with Gasteiger partial charge in [-0.1, -0.05) is 6.07 Å². The molecule has 0 aliphatic carbocycles. The monoisotopic (exact) mass is 297 g/mol. The highest BCUT2D eigenvalue weighted by Gasteiger charge is 2.38. The van der Waals surface area contributed by atoms with E-state index in [1.165, 1.54) is 0 Å². The summed E-state index contributed by atoms with van der Waals surface area (Å²) in [6.07, 6.45) is 0. The summed E-state index contributed by atoms with van der Waals surface area (Å²) < 4.78 is 10.5. The van der Waals surface area contributed by atoms with Crippen LogP contribution < -0.4 is 9.47 Å². The van der Waals surface area contributed by atoms with Gasteiger partial charge in [0.2, 0.25) is 5.91 Å². The van der Waals surface area contributed by atoms with Gasteiger partial charge in [0, 0.05) is 6.54 Å². The molecule has 1 amide bonds. The Hall–Kier alpha value is -1.40. The summed E-state index contributed by atoms with van der Waals surface area (Å²) in [6, 6.07) is 5.64. The summed E-state index contributed by atoms with van der Waals surface area (Å²) >= 11 is 1.58. The first kappa shape index (κ1) is 15.0. The molecule has 0 aromatic heterocycles. The van der Waals surface area contributed by atoms with E-state index in [4.69, 9.17) is 14.6 Å². The van der Waals surface area contributed by atoms with Gasteiger partial charge in [0.25, 0.3) is 0 Å². The number of thioether (sulfide) groups is 1. The van der Waals surface area contributed by atoms with Crippen LogP contribution in [0, 0.1) is 0 Å². The lowest BCUT2D eigenvalue weighted by Gasteiger charge is -2.23. The normalized spacial score (nSPS) is 22.2. The molecule has 2 atom stereocenters. The van der Waals surface area contributed by atoms with E-state index in [1.807, 2.05) is 25.1 Å². The van der Waals surface area contributed by atoms with Crippen LogP contribution >= 0.6 is 11.8 Å². The molecular weight excluding hydrogens is 278 g/mol. The Morgan fingerprint density at radius 3 is 2.60 bits per heavy atom. The minimum Gasteiger partial charge on any atom is -0.493 e. The van der Waals surface area contributed by atoms with E-state index in [9.17, 15) is 4.79 Å². The van der Waals surface area contributed by atoms with Crippen molar-refractivity contribution >= 4 is 17.7 Å². The van der Waals surface area contributed by atoms with Gasteiger partial charge in [0.05, 0.1) is 26.1 Å². The number of methoxy groups -OCH3 is 2. The van der Waals surface area contributed by atoms with Crippen molar-refractivity contribution in [2.75, 3.05) is 27.4 Å². The van der Waals surface area contributed by atoms with E-state index in [0.29, 0.717) is 18.0 Å². The van der Waals surface area contributed by atoms with Crippen LogP contribution in [-0.2, 0) is 4.79 Å². The number of nitrogens with zero attached hydrogens (tertiary/aromatic N) is 1. The van der Waals surface area contributed by atoms with Gasteiger partial charge >= 0.3 is 0 Å². The topological polar surface area (TPSA) is 59.0 Å². The van der Waals surface area contributed by atoms with Crippen molar-refractivity contribution in [2.24, 2.45) is 0 Å². The Labute approximate surface area is 122 Å². The Morgan fingerprint density at radius 2 is 2.00 bits per heavy atom. The van der Waals surface area contributed by atoms with Gasteiger partial charge in [-0.2, -0.15) is 0 Å². The summed E-state index contributed by atoms with van der Waals surface area (Å²) in [5.74, 6) is 1.36. The van der Waals surface area contributed by atoms with Crippen LogP contribution in [0.3, 0.4) is 0 Å². The second-order valence-corrected chi connectivity index (χ2v) is 5.93. The van der Waals surface area contributed by atoms with Gasteiger partial charge in [-0.15, -0.1) is 11.8 Å². The minimum absolute atomic E-state index is 0.0389. The van der Waals surface area contributed by atoms with Crippen LogP contribution in [-0.4, -0.2) is 48.5 Å². The predicted octanol–water partition coefficient (Wildman–Crippen LogP) is 1.66. The molecule has 0 bridgehead atoms. The van der Waals surface area contributed by atoms with Crippen molar-refractivity contribution in [3.05, 3.63) is 23.8 Å². The molecule has 1 heterocycles. The molecule has 1 aromatic carbocycles. The first-order chi connectivity index (χ1) is 9.62. The zero-order valence-corrected chi connectivity index (χ0v) is 12.6. The highest BCUT2D eigenvalue weighted by Crippen LogP contribution is 2.44. The van der Waals surface area contributed by atoms with Crippen molar-refractivity contribution in [3.8, 4) is 11.5 Å². The fraction of sp³-hybridized carbons (Fsp3) is 0.500. The highest BCUT2D eigenvalue weighted by atomic mass is 32.2. The molecular formula is C14H19NO4S. The molecule has 2 rings (SSSR count). The Bertz CT molecular complexity index is 494. The number of rotatable bonds is 5. The van der Waals surface area contributed by atoms with E-state index in [-0.39, 0.29) is 23.1 Å². The molecule has 0 spiro atoms. The van der Waals surface area contributed by atoms with E-state index in [2.05, 4.69) is 0 Å². The molecule has 110 valence electrons. The van der Waals surface area contributed by atoms with E-state index in [1.54, 1.807) is 30.9 Å². The van der Waals surface area contributed by atoms with E-state index in [0.717, 1.165) is 5.56 Å². The maximum absolute atomic E-state index is 12.1. The molecule has 6 heteroatoms. The number of hydrogen-bond acceptors (Lipinski definition) is 5. The Morgan fingerprint density at radius 1 is 1.30 bits per heavy atom. The number of benzene rings is 1. The number of aliphatic hydroxyl groups excluding tert-OH is 1. The van der Waals surface area contributed by atoms with Gasteiger partial charge in [0.15, 0.2) is 11.5 Å². The quantitative estimate of drug-likeness (QED) is 0.895. The number of aliphatic hydroxyl groups is 1. The molecule has 5 nitrogen and oxygen atoms in total. The SMILES string of the molecule is COc1ccc([C@H]2S[C@@H](C)C(=O)N2CCO)cc1OC. The molecule has 1 saturated heterocycles. The largest absolute Gasteiger partial charge is 0.493 e. The summed E-state index contributed by atoms with van der Waals surface area (Å²) in [5.41, 5.74) is 0.971. The molecule has 1 aromatic rings. The lowest BCUT2D eigenvalue weighted by Crippen LogP contribution is -2.32. The molecule has 1 N–H and O–H groups in total. The third-order valence-corrected chi connectivity index (χ3v) is 4.67. The van der Waals surface area contributed by atoms with Crippen LogP contribution in [0.5, 0.6) is 11.5 Å². The second kappa shape index (κ2) is 6.37. The molecule has 1 aliphatic rings. The summed E-state index contributed by atoms with van der Waals surface area (Å²) in [6.45, 7) is 2.19. The molecule has 0 unspecified atom stereocenters. The lowest BCUT2D eigenvalue weighted by atomic mass is 10.1. The van der Waals surface area contributed by atoms with E-state index < -0.39 is 0 Å². The predicted molar refractivity (Wildman–Crippen MR) is 78.1 cm³/mol. The van der Waals surface area contributed by atoms with Crippen molar-refractivity contribution in [2.45, 2.75) is 17.5 Å². The maximum atomic E-state index is 12.1. The maximum Gasteiger partial charge on any atom is 0.236 e. The molecule has 1 fully saturated rings. The highest BCUT2D eigenvalue weighted by molar-refractivity contribution is 8.01. The molecule has 0 saturated carbocycles. The zero-order chi connectivity index (χ0) is 14.7. The van der Waals surface area contributed by atoms with Crippen molar-refractivity contribution in [1.29, 1.82) is 0 Å². The fourth-order valence-electron chi connectivity index (χ4n) is 2.27. The average molecular weight is 297 g/mol. The van der Waals surface area contributed by atoms with Crippen LogP contribution in [0.1, 0.15) is 17.9 Å². The molecule has 1 aliphatic heterocycles. The smallest absolute Gasteiger partial charge is 0.236 e. The van der Waals surface area contributed by atoms with E-state index >= 15 is 0 Å². The zero-order valence-electron chi connectivity index (χ0n) is 11.8. The lowest BCUT2D eigenvalue weighted by molar-refractivity contribution is -0.130. The number of amides is 1. The number of carbonyl (C=O) groups is 1. The first-order valence-corrected chi connectivity index (χ1v) is 7.35. The van der Waals surface area contributed by atoms with Crippen molar-refractivity contribution in [1.82, 2.24) is 4.90 Å². The van der Waals surface area contributed by atoms with Gasteiger partial charge < -0.3 is 19.5 Å². The second-order valence-electron chi connectivity index (χ2n) is 4.50. The fourth-order valence-corrected chi connectivity index (χ4v) is 3.57. The van der Waals surface area contributed by atoms with Crippen LogP contribution in [0.4, 0.5) is 0 Å². The summed E-state index contributed by atoms with van der Waals surface area (Å²) in [7, 11) is 3.17. The van der Waals surface area contributed by atoms with Gasteiger partial charge in [-0.3, -0.25) is 4.79 Å². The first-order valence-electron chi connectivity index (χ1n) is 6.41. The van der Waals surface area contributed by atoms with Crippen molar-refractivity contribution < 1.29 is 19.4 Å². The standard InChI is InChI=1S/C14H19NO4S/c1-9-13(17)15(6-7-16)14(20-9)10-4-5-11(18-2)12(8-10)19-3/h4-5,8-9,14,16H,6-7H2,1-3H3/t9-,14+/m0/s1. The Balaban J connectivity index is 2.32. The third-order valence-electron chi connectivity index (χ3n) is 3.28. The van der Waals surface area contributed by atoms with Gasteiger partial charge in [-0.05, 0) is 24.6 Å². The summed E-state index contributed by atoms with van der Waals surface area (Å²) in [4.78, 5) is 13.8. The molecule has 0 radical (unpaired) electrons. The van der Waals surface area contributed by atoms with Crippen LogP contribution in [0.2, 0.25) is 0 Å². The third kappa shape index (κ3) is 2.71. The molecule has 20 heavy (non-hydrogen) atoms. The van der Waals surface area contributed by atoms with Crippen molar-refractivity contribution in [3.63, 3.8) is 0 Å². The van der Waals surface area contributed by atoms with Gasteiger partial charge in [0.1, 0.15) is 5.37 Å². The minimum atomic E-state index is -0.0975. The number of β-amino-alcohol motifs (C(OH)–C–C–N with tert-alkyl or cyclic N) is 1. The van der Waals surface area contributed by atoms with Crippen LogP contribution in [0.15, 0.2) is 18.2 Å². The van der Waals surface area contributed by atoms with Crippen LogP contribution in [0.25, 0.3) is 0 Å². The number of carbonyl (C=O) groups excluding carboxylic acids is 1.